The number of hydrogen-bond donors (Lipinski definition) is 1. The molecular weight excluding hydrogens is 264 g/mol. The third-order valence-corrected chi connectivity index (χ3v) is 3.35. The number of hydrogen-bond acceptors (Lipinski definition) is 2. The van der Waals surface area contributed by atoms with E-state index in [0.29, 0.717) is 17.4 Å². The predicted octanol–water partition coefficient (Wildman–Crippen LogP) is 4.02. The zero-order chi connectivity index (χ0) is 12.1. The van der Waals surface area contributed by atoms with Crippen LogP contribution >= 0.6 is 15.9 Å². The summed E-state index contributed by atoms with van der Waals surface area (Å²) in [7, 11) is 0. The standard InChI is InChI=1S/C13H17BrN2/c1-9(2)10(3)8-16-13-6-12(14)5-4-11(13)7-15/h4-6,9-10,16H,8H2,1-3H3. The molecule has 0 aromatic heterocycles. The van der Waals surface area contributed by atoms with Crippen molar-refractivity contribution in [1.29, 1.82) is 5.26 Å². The quantitative estimate of drug-likeness (QED) is 0.904. The summed E-state index contributed by atoms with van der Waals surface area (Å²) in [5.74, 6) is 1.23. The first-order valence-electron chi connectivity index (χ1n) is 5.48. The van der Waals surface area contributed by atoms with Gasteiger partial charge in [0, 0.05) is 11.0 Å². The van der Waals surface area contributed by atoms with Crippen LogP contribution < -0.4 is 5.32 Å². The fourth-order valence-corrected chi connectivity index (χ4v) is 1.63. The molecule has 0 aliphatic heterocycles. The van der Waals surface area contributed by atoms with E-state index in [-0.39, 0.29) is 0 Å². The molecule has 1 rings (SSSR count). The predicted molar refractivity (Wildman–Crippen MR) is 71.3 cm³/mol. The molecular formula is C13H17BrN2. The van der Waals surface area contributed by atoms with Crippen LogP contribution in [0.4, 0.5) is 5.69 Å². The van der Waals surface area contributed by atoms with Crippen LogP contribution in [0, 0.1) is 23.2 Å². The van der Waals surface area contributed by atoms with Crippen molar-refractivity contribution in [3.05, 3.63) is 28.2 Å². The molecule has 0 saturated heterocycles. The van der Waals surface area contributed by atoms with Crippen LogP contribution in [0.15, 0.2) is 22.7 Å². The van der Waals surface area contributed by atoms with Gasteiger partial charge in [-0.15, -0.1) is 0 Å². The molecule has 86 valence electrons. The Kier molecular flexibility index (Phi) is 4.82. The largest absolute Gasteiger partial charge is 0.384 e. The van der Waals surface area contributed by atoms with Crippen LogP contribution in [0.25, 0.3) is 0 Å². The van der Waals surface area contributed by atoms with Crippen molar-refractivity contribution in [3.63, 3.8) is 0 Å². The van der Waals surface area contributed by atoms with Gasteiger partial charge < -0.3 is 5.32 Å². The third kappa shape index (κ3) is 3.53. The van der Waals surface area contributed by atoms with Crippen LogP contribution in [0.2, 0.25) is 0 Å². The average Bonchev–Trinajstić information content (AvgIpc) is 2.25. The molecule has 0 aliphatic rings. The number of nitriles is 1. The highest BCUT2D eigenvalue weighted by Crippen LogP contribution is 2.21. The summed E-state index contributed by atoms with van der Waals surface area (Å²) < 4.78 is 0.992. The molecule has 0 fully saturated rings. The molecule has 1 N–H and O–H groups in total. The summed E-state index contributed by atoms with van der Waals surface area (Å²) in [6, 6.07) is 7.85. The second kappa shape index (κ2) is 5.91. The Balaban J connectivity index is 2.73. The molecule has 1 unspecified atom stereocenters. The Morgan fingerprint density at radius 2 is 2.06 bits per heavy atom. The van der Waals surface area contributed by atoms with Gasteiger partial charge in [0.05, 0.1) is 11.3 Å². The fraction of sp³-hybridized carbons (Fsp3) is 0.462. The van der Waals surface area contributed by atoms with E-state index in [1.165, 1.54) is 0 Å². The number of halogens is 1. The topological polar surface area (TPSA) is 35.8 Å². The summed E-state index contributed by atoms with van der Waals surface area (Å²) in [5.41, 5.74) is 1.60. The zero-order valence-corrected chi connectivity index (χ0v) is 11.5. The minimum atomic E-state index is 0.588. The maximum Gasteiger partial charge on any atom is 0.101 e. The summed E-state index contributed by atoms with van der Waals surface area (Å²) >= 11 is 3.41. The summed E-state index contributed by atoms with van der Waals surface area (Å²) in [5, 5.41) is 12.3. The first-order chi connectivity index (χ1) is 7.54. The van der Waals surface area contributed by atoms with E-state index in [4.69, 9.17) is 5.26 Å². The van der Waals surface area contributed by atoms with E-state index in [1.54, 1.807) is 0 Å². The van der Waals surface area contributed by atoms with Crippen molar-refractivity contribution in [2.45, 2.75) is 20.8 Å². The van der Waals surface area contributed by atoms with Gasteiger partial charge in [-0.1, -0.05) is 36.7 Å². The lowest BCUT2D eigenvalue weighted by atomic mass is 9.98. The average molecular weight is 281 g/mol. The fourth-order valence-electron chi connectivity index (χ4n) is 1.27. The van der Waals surface area contributed by atoms with Gasteiger partial charge in [0.2, 0.25) is 0 Å². The monoisotopic (exact) mass is 280 g/mol. The van der Waals surface area contributed by atoms with Crippen molar-refractivity contribution in [3.8, 4) is 6.07 Å². The number of nitrogens with zero attached hydrogens (tertiary/aromatic N) is 1. The van der Waals surface area contributed by atoms with E-state index in [2.05, 4.69) is 48.1 Å². The van der Waals surface area contributed by atoms with Gasteiger partial charge in [0.1, 0.15) is 6.07 Å². The highest BCUT2D eigenvalue weighted by atomic mass is 79.9. The molecule has 3 heteroatoms. The normalized spacial score (nSPS) is 12.2. The van der Waals surface area contributed by atoms with E-state index >= 15 is 0 Å². The Hall–Kier alpha value is -1.01. The SMILES string of the molecule is CC(C)C(C)CNc1cc(Br)ccc1C#N. The molecule has 1 aromatic rings. The smallest absolute Gasteiger partial charge is 0.101 e. The van der Waals surface area contributed by atoms with Crippen molar-refractivity contribution in [2.24, 2.45) is 11.8 Å². The van der Waals surface area contributed by atoms with Crippen LogP contribution in [0.5, 0.6) is 0 Å². The van der Waals surface area contributed by atoms with Crippen molar-refractivity contribution in [1.82, 2.24) is 0 Å². The first kappa shape index (κ1) is 13.1. The first-order valence-corrected chi connectivity index (χ1v) is 6.27. The Morgan fingerprint density at radius 3 is 2.62 bits per heavy atom. The number of rotatable bonds is 4. The molecule has 16 heavy (non-hydrogen) atoms. The molecule has 0 saturated carbocycles. The maximum absolute atomic E-state index is 8.98. The summed E-state index contributed by atoms with van der Waals surface area (Å²) in [6.07, 6.45) is 0. The van der Waals surface area contributed by atoms with Gasteiger partial charge >= 0.3 is 0 Å². The Labute approximate surface area is 106 Å². The molecule has 1 aromatic carbocycles. The maximum atomic E-state index is 8.98. The molecule has 1 atom stereocenters. The number of anilines is 1. The van der Waals surface area contributed by atoms with Gasteiger partial charge in [-0.25, -0.2) is 0 Å². The lowest BCUT2D eigenvalue weighted by molar-refractivity contribution is 0.440. The van der Waals surface area contributed by atoms with E-state index in [9.17, 15) is 0 Å². The lowest BCUT2D eigenvalue weighted by Gasteiger charge is -2.17. The third-order valence-electron chi connectivity index (χ3n) is 2.85. The molecule has 0 aliphatic carbocycles. The number of nitrogens with one attached hydrogen (secondary N) is 1. The highest BCUT2D eigenvalue weighted by molar-refractivity contribution is 9.10. The van der Waals surface area contributed by atoms with Gasteiger partial charge in [0.25, 0.3) is 0 Å². The Bertz CT molecular complexity index is 393. The minimum Gasteiger partial charge on any atom is -0.384 e. The number of benzene rings is 1. The molecule has 0 radical (unpaired) electrons. The van der Waals surface area contributed by atoms with Crippen LogP contribution in [-0.4, -0.2) is 6.54 Å². The van der Waals surface area contributed by atoms with E-state index in [1.807, 2.05) is 18.2 Å². The molecule has 0 heterocycles. The molecule has 2 nitrogen and oxygen atoms in total. The summed E-state index contributed by atoms with van der Waals surface area (Å²) in [6.45, 7) is 7.52. The van der Waals surface area contributed by atoms with Crippen molar-refractivity contribution >= 4 is 21.6 Å². The molecule has 0 bridgehead atoms. The van der Waals surface area contributed by atoms with E-state index < -0.39 is 0 Å². The van der Waals surface area contributed by atoms with Gasteiger partial charge in [-0.3, -0.25) is 0 Å². The van der Waals surface area contributed by atoms with Gasteiger partial charge in [-0.05, 0) is 30.0 Å². The molecule has 0 amide bonds. The van der Waals surface area contributed by atoms with Crippen LogP contribution in [-0.2, 0) is 0 Å². The van der Waals surface area contributed by atoms with Crippen LogP contribution in [0.3, 0.4) is 0 Å². The second-order valence-corrected chi connectivity index (χ2v) is 5.32. The summed E-state index contributed by atoms with van der Waals surface area (Å²) in [4.78, 5) is 0. The van der Waals surface area contributed by atoms with Crippen molar-refractivity contribution in [2.75, 3.05) is 11.9 Å². The lowest BCUT2D eigenvalue weighted by Crippen LogP contribution is -2.16. The van der Waals surface area contributed by atoms with E-state index in [0.717, 1.165) is 16.7 Å². The van der Waals surface area contributed by atoms with Crippen LogP contribution in [0.1, 0.15) is 26.3 Å². The second-order valence-electron chi connectivity index (χ2n) is 4.40. The van der Waals surface area contributed by atoms with Gasteiger partial charge in [0.15, 0.2) is 0 Å². The van der Waals surface area contributed by atoms with Crippen molar-refractivity contribution < 1.29 is 0 Å². The molecule has 0 spiro atoms. The van der Waals surface area contributed by atoms with Gasteiger partial charge in [-0.2, -0.15) is 5.26 Å². The zero-order valence-electron chi connectivity index (χ0n) is 9.92. The highest BCUT2D eigenvalue weighted by Gasteiger charge is 2.08. The Morgan fingerprint density at radius 1 is 1.38 bits per heavy atom. The minimum absolute atomic E-state index is 0.588.